The molecule has 4 unspecified atom stereocenters. The molecule has 2 heterocycles. The van der Waals surface area contributed by atoms with Crippen molar-refractivity contribution in [2.24, 2.45) is 0 Å². The van der Waals surface area contributed by atoms with Crippen LogP contribution in [0.15, 0.2) is 12.2 Å². The quantitative estimate of drug-likeness (QED) is 0.349. The first-order chi connectivity index (χ1) is 6.52. The molecule has 2 saturated heterocycles. The summed E-state index contributed by atoms with van der Waals surface area (Å²) < 4.78 is 4.69. The first-order valence-electron chi connectivity index (χ1n) is 4.39. The van der Waals surface area contributed by atoms with Crippen LogP contribution in [-0.2, 0) is 63.2 Å². The predicted octanol–water partition coefficient (Wildman–Crippen LogP) is 2.76. The van der Waals surface area contributed by atoms with Gasteiger partial charge in [0.05, 0.1) is 0 Å². The second kappa shape index (κ2) is 15.7. The van der Waals surface area contributed by atoms with Crippen LogP contribution in [0.1, 0.15) is 0 Å². The van der Waals surface area contributed by atoms with Crippen LogP contribution in [0.25, 0.3) is 0 Å². The van der Waals surface area contributed by atoms with E-state index in [1.165, 1.54) is 0 Å². The SMILES string of the molecule is [CH2-]C1OC1[CH2-].[CH2-]C1SC1[CH2-].[CH2-]C=C[CH2-].[Zn+2].[Zn+2].[Zn+2]. The Labute approximate surface area is 150 Å². The number of epoxide rings is 1. The number of ether oxygens (including phenoxy) is 1. The van der Waals surface area contributed by atoms with Crippen LogP contribution in [-0.4, -0.2) is 22.7 Å². The van der Waals surface area contributed by atoms with E-state index in [0.29, 0.717) is 10.5 Å². The number of allylic oxidation sites excluding steroid dienone is 2. The van der Waals surface area contributed by atoms with Crippen molar-refractivity contribution < 1.29 is 63.2 Å². The van der Waals surface area contributed by atoms with E-state index in [2.05, 4.69) is 41.5 Å². The minimum atomic E-state index is 0. The van der Waals surface area contributed by atoms with Crippen molar-refractivity contribution in [2.45, 2.75) is 22.7 Å². The van der Waals surface area contributed by atoms with Crippen molar-refractivity contribution in [1.29, 1.82) is 0 Å². The third kappa shape index (κ3) is 20.2. The van der Waals surface area contributed by atoms with E-state index in [9.17, 15) is 0 Å². The van der Waals surface area contributed by atoms with Crippen molar-refractivity contribution in [3.8, 4) is 0 Å². The van der Waals surface area contributed by atoms with Crippen molar-refractivity contribution >= 4 is 11.8 Å². The Morgan fingerprint density at radius 2 is 0.941 bits per heavy atom. The van der Waals surface area contributed by atoms with Crippen LogP contribution >= 0.6 is 11.8 Å². The molecule has 1 nitrogen and oxygen atoms in total. The maximum atomic E-state index is 4.69. The zero-order valence-corrected chi connectivity index (χ0v) is 20.4. The maximum Gasteiger partial charge on any atom is 2.00 e. The molecule has 2 aliphatic rings. The molecule has 0 saturated carbocycles. The van der Waals surface area contributed by atoms with E-state index in [1.807, 2.05) is 11.8 Å². The van der Waals surface area contributed by atoms with Gasteiger partial charge in [-0.3, -0.25) is 0 Å². The zero-order valence-electron chi connectivity index (χ0n) is 10.6. The molecule has 4 atom stereocenters. The fourth-order valence-corrected chi connectivity index (χ4v) is 0.717. The molecule has 2 rings (SSSR count). The largest absolute Gasteiger partial charge is 2.00 e. The van der Waals surface area contributed by atoms with Gasteiger partial charge in [-0.1, -0.05) is 12.2 Å². The summed E-state index contributed by atoms with van der Waals surface area (Å²) in [6.45, 7) is 21.3. The van der Waals surface area contributed by atoms with E-state index in [4.69, 9.17) is 4.74 Å². The number of thioether (sulfide) groups is 1. The Balaban J connectivity index is -0.0000000692. The normalized spacial score (nSPS) is 31.1. The smallest absolute Gasteiger partial charge is 0.439 e. The summed E-state index contributed by atoms with van der Waals surface area (Å²) in [5, 5.41) is 1.21. The van der Waals surface area contributed by atoms with Gasteiger partial charge in [-0.15, -0.1) is 10.5 Å². The molecule has 2 fully saturated rings. The average molecular weight is 407 g/mol. The predicted molar refractivity (Wildman–Crippen MR) is 65.1 cm³/mol. The van der Waals surface area contributed by atoms with Gasteiger partial charge in [0.2, 0.25) is 0 Å². The molecule has 0 radical (unpaired) electrons. The van der Waals surface area contributed by atoms with Gasteiger partial charge in [-0.05, 0) is 0 Å². The monoisotopic (exact) mass is 402 g/mol. The molecule has 0 aliphatic carbocycles. The van der Waals surface area contributed by atoms with Crippen LogP contribution in [0.3, 0.4) is 0 Å². The van der Waals surface area contributed by atoms with E-state index < -0.39 is 0 Å². The molecule has 17 heavy (non-hydrogen) atoms. The van der Waals surface area contributed by atoms with Gasteiger partial charge in [0.25, 0.3) is 0 Å². The molecule has 0 aromatic carbocycles. The third-order valence-corrected chi connectivity index (χ3v) is 2.58. The first-order valence-corrected chi connectivity index (χ1v) is 5.34. The summed E-state index contributed by atoms with van der Waals surface area (Å²) in [4.78, 5) is 0. The molecule has 0 bridgehead atoms. The van der Waals surface area contributed by atoms with E-state index in [1.54, 1.807) is 12.2 Å². The van der Waals surface area contributed by atoms with Gasteiger partial charge in [-0.2, -0.15) is 0 Å². The minimum Gasteiger partial charge on any atom is -0.439 e. The van der Waals surface area contributed by atoms with Crippen molar-refractivity contribution in [3.63, 3.8) is 0 Å². The molecule has 5 heteroatoms. The van der Waals surface area contributed by atoms with E-state index >= 15 is 0 Å². The summed E-state index contributed by atoms with van der Waals surface area (Å²) in [5.41, 5.74) is 0. The Kier molecular flexibility index (Phi) is 25.0. The van der Waals surface area contributed by atoms with Crippen LogP contribution in [0.2, 0.25) is 0 Å². The fraction of sp³-hybridized carbons (Fsp3) is 0.333. The molecule has 84 valence electrons. The Morgan fingerprint density at radius 1 is 0.765 bits per heavy atom. The maximum absolute atomic E-state index is 4.69. The molecule has 0 aromatic rings. The zero-order chi connectivity index (χ0) is 11.1. The van der Waals surface area contributed by atoms with Crippen LogP contribution in [0, 0.1) is 41.5 Å². The average Bonchev–Trinajstić information content (AvgIpc) is 2.99. The standard InChI is InChI=1S/C4H6O.C4H6S.C4H6.3Zn/c2*1-3-4(2)5-3;1-3-4-2;;;/h2*3-4H,1-2H2;3-4H,1-2H2;;;/q3*-2;3*+2. The summed E-state index contributed by atoms with van der Waals surface area (Å²) in [6, 6.07) is 0. The Hall–Kier alpha value is 1.66. The summed E-state index contributed by atoms with van der Waals surface area (Å²) in [7, 11) is 0. The second-order valence-corrected chi connectivity index (χ2v) is 4.38. The minimum absolute atomic E-state index is 0. The van der Waals surface area contributed by atoms with Crippen molar-refractivity contribution in [1.82, 2.24) is 0 Å². The molecule has 0 aromatic heterocycles. The van der Waals surface area contributed by atoms with Crippen molar-refractivity contribution in [3.05, 3.63) is 53.7 Å². The molecule has 0 N–H and O–H groups in total. The molecular weight excluding hydrogens is 388 g/mol. The number of rotatable bonds is 0. The van der Waals surface area contributed by atoms with Gasteiger partial charge in [0.1, 0.15) is 0 Å². The van der Waals surface area contributed by atoms with Gasteiger partial charge >= 0.3 is 58.4 Å². The van der Waals surface area contributed by atoms with Gasteiger partial charge in [-0.25, -0.2) is 11.8 Å². The van der Waals surface area contributed by atoms with Crippen molar-refractivity contribution in [2.75, 3.05) is 0 Å². The third-order valence-electron chi connectivity index (χ3n) is 1.54. The Bertz CT molecular complexity index is 149. The topological polar surface area (TPSA) is 12.5 Å². The summed E-state index contributed by atoms with van der Waals surface area (Å²) >= 11 is 1.82. The molecule has 0 spiro atoms. The van der Waals surface area contributed by atoms with Gasteiger partial charge < -0.3 is 58.4 Å². The molecule has 0 amide bonds. The first kappa shape index (κ1) is 27.1. The van der Waals surface area contributed by atoms with Gasteiger partial charge in [0.15, 0.2) is 0 Å². The Morgan fingerprint density at radius 3 is 0.941 bits per heavy atom. The van der Waals surface area contributed by atoms with E-state index in [-0.39, 0.29) is 70.6 Å². The fourth-order valence-electron chi connectivity index (χ4n) is 0.358. The second-order valence-electron chi connectivity index (χ2n) is 2.90. The molecule has 2 aliphatic heterocycles. The summed E-state index contributed by atoms with van der Waals surface area (Å²) in [6.07, 6.45) is 3.66. The van der Waals surface area contributed by atoms with Crippen LogP contribution in [0.5, 0.6) is 0 Å². The summed E-state index contributed by atoms with van der Waals surface area (Å²) in [5.74, 6) is 0. The van der Waals surface area contributed by atoms with Crippen LogP contribution in [0.4, 0.5) is 0 Å². The molecular formula is C12H18OSZn3. The van der Waals surface area contributed by atoms with Crippen LogP contribution < -0.4 is 0 Å². The number of hydrogen-bond donors (Lipinski definition) is 0. The van der Waals surface area contributed by atoms with Gasteiger partial charge in [0, 0.05) is 0 Å². The number of hydrogen-bond acceptors (Lipinski definition) is 2. The van der Waals surface area contributed by atoms with E-state index in [0.717, 1.165) is 0 Å².